The first-order valence-corrected chi connectivity index (χ1v) is 6.71. The predicted octanol–water partition coefficient (Wildman–Crippen LogP) is 1.99. The van der Waals surface area contributed by atoms with Crippen molar-refractivity contribution in [1.29, 1.82) is 0 Å². The Bertz CT molecular complexity index is 228. The van der Waals surface area contributed by atoms with Crippen LogP contribution in [-0.4, -0.2) is 23.2 Å². The van der Waals surface area contributed by atoms with E-state index in [-0.39, 0.29) is 18.1 Å². The van der Waals surface area contributed by atoms with Crippen molar-refractivity contribution in [3.8, 4) is 0 Å². The van der Waals surface area contributed by atoms with Crippen LogP contribution >= 0.6 is 0 Å². The third-order valence-electron chi connectivity index (χ3n) is 3.93. The summed E-state index contributed by atoms with van der Waals surface area (Å²) in [7, 11) is 0. The van der Waals surface area contributed by atoms with Gasteiger partial charge in [-0.2, -0.15) is 0 Å². The summed E-state index contributed by atoms with van der Waals surface area (Å²) < 4.78 is 0. The van der Waals surface area contributed by atoms with Crippen molar-refractivity contribution in [3.05, 3.63) is 0 Å². The molecule has 2 saturated carbocycles. The van der Waals surface area contributed by atoms with Crippen LogP contribution in [0.5, 0.6) is 0 Å². The highest BCUT2D eigenvalue weighted by Gasteiger charge is 2.28. The van der Waals surface area contributed by atoms with Gasteiger partial charge in [0.25, 0.3) is 0 Å². The number of carbonyl (C=O) groups is 1. The van der Waals surface area contributed by atoms with Crippen LogP contribution in [0.4, 0.5) is 0 Å². The second-order valence-electron chi connectivity index (χ2n) is 5.45. The predicted molar refractivity (Wildman–Crippen MR) is 63.0 cm³/mol. The second kappa shape index (κ2) is 5.67. The fourth-order valence-corrected chi connectivity index (χ4v) is 2.82. The lowest BCUT2D eigenvalue weighted by atomic mass is 9.89. The normalized spacial score (nSPS) is 31.6. The monoisotopic (exact) mass is 225 g/mol. The molecule has 16 heavy (non-hydrogen) atoms. The van der Waals surface area contributed by atoms with Crippen LogP contribution < -0.4 is 5.32 Å². The van der Waals surface area contributed by atoms with E-state index in [0.29, 0.717) is 12.3 Å². The fourth-order valence-electron chi connectivity index (χ4n) is 2.82. The number of hydrogen-bond donors (Lipinski definition) is 2. The molecule has 3 heteroatoms. The molecule has 2 aliphatic rings. The molecule has 0 bridgehead atoms. The molecular weight excluding hydrogens is 202 g/mol. The van der Waals surface area contributed by atoms with Gasteiger partial charge in [-0.3, -0.25) is 4.79 Å². The minimum Gasteiger partial charge on any atom is -0.393 e. The molecule has 0 heterocycles. The van der Waals surface area contributed by atoms with Gasteiger partial charge in [0.05, 0.1) is 6.10 Å². The summed E-state index contributed by atoms with van der Waals surface area (Å²) in [4.78, 5) is 11.7. The van der Waals surface area contributed by atoms with Crippen LogP contribution in [0.3, 0.4) is 0 Å². The Morgan fingerprint density at radius 1 is 1.12 bits per heavy atom. The number of aliphatic hydroxyl groups excluding tert-OH is 1. The van der Waals surface area contributed by atoms with E-state index in [9.17, 15) is 4.79 Å². The van der Waals surface area contributed by atoms with E-state index in [1.54, 1.807) is 0 Å². The standard InChI is InChI=1S/C13H23NO2/c15-12-8-11(9-12)14-13(16)7-10-5-3-1-2-4-6-10/h10-12,15H,1-9H2,(H,14,16). The van der Waals surface area contributed by atoms with E-state index < -0.39 is 0 Å². The smallest absolute Gasteiger partial charge is 0.220 e. The first kappa shape index (κ1) is 11.9. The Morgan fingerprint density at radius 2 is 1.75 bits per heavy atom. The molecule has 92 valence electrons. The summed E-state index contributed by atoms with van der Waals surface area (Å²) in [5.74, 6) is 0.802. The largest absolute Gasteiger partial charge is 0.393 e. The Balaban J connectivity index is 1.65. The summed E-state index contributed by atoms with van der Waals surface area (Å²) in [5, 5.41) is 12.2. The molecule has 0 aromatic carbocycles. The van der Waals surface area contributed by atoms with Crippen LogP contribution in [0.25, 0.3) is 0 Å². The first-order chi connectivity index (χ1) is 7.74. The average Bonchev–Trinajstić information content (AvgIpc) is 2.44. The minimum atomic E-state index is -0.178. The second-order valence-corrected chi connectivity index (χ2v) is 5.45. The Morgan fingerprint density at radius 3 is 2.31 bits per heavy atom. The zero-order chi connectivity index (χ0) is 11.4. The Hall–Kier alpha value is -0.570. The molecule has 2 aliphatic carbocycles. The maximum Gasteiger partial charge on any atom is 0.220 e. The van der Waals surface area contributed by atoms with Crippen LogP contribution in [0.2, 0.25) is 0 Å². The van der Waals surface area contributed by atoms with Gasteiger partial charge in [0.15, 0.2) is 0 Å². The average molecular weight is 225 g/mol. The number of amides is 1. The van der Waals surface area contributed by atoms with E-state index in [4.69, 9.17) is 5.11 Å². The highest BCUT2D eigenvalue weighted by atomic mass is 16.3. The molecule has 2 fully saturated rings. The first-order valence-electron chi connectivity index (χ1n) is 6.71. The van der Waals surface area contributed by atoms with Gasteiger partial charge in [-0.25, -0.2) is 0 Å². The number of rotatable bonds is 3. The Kier molecular flexibility index (Phi) is 4.22. The van der Waals surface area contributed by atoms with Crippen molar-refractivity contribution in [1.82, 2.24) is 5.32 Å². The summed E-state index contributed by atoms with van der Waals surface area (Å²) in [6.45, 7) is 0. The van der Waals surface area contributed by atoms with Gasteiger partial charge in [0.1, 0.15) is 0 Å². The number of hydrogen-bond acceptors (Lipinski definition) is 2. The third kappa shape index (κ3) is 3.48. The fraction of sp³-hybridized carbons (Fsp3) is 0.923. The van der Waals surface area contributed by atoms with Crippen molar-refractivity contribution < 1.29 is 9.90 Å². The molecule has 0 aromatic heterocycles. The molecule has 0 radical (unpaired) electrons. The van der Waals surface area contributed by atoms with Gasteiger partial charge in [-0.05, 0) is 31.6 Å². The number of aliphatic hydroxyl groups is 1. The highest BCUT2D eigenvalue weighted by Crippen LogP contribution is 2.26. The van der Waals surface area contributed by atoms with Crippen LogP contribution in [0, 0.1) is 5.92 Å². The van der Waals surface area contributed by atoms with Gasteiger partial charge in [-0.1, -0.05) is 25.7 Å². The van der Waals surface area contributed by atoms with E-state index in [1.807, 2.05) is 0 Å². The molecule has 3 nitrogen and oxygen atoms in total. The van der Waals surface area contributed by atoms with Crippen molar-refractivity contribution in [2.24, 2.45) is 5.92 Å². The van der Waals surface area contributed by atoms with Crippen molar-refractivity contribution in [3.63, 3.8) is 0 Å². The topological polar surface area (TPSA) is 49.3 Å². The van der Waals surface area contributed by atoms with Crippen molar-refractivity contribution >= 4 is 5.91 Å². The SMILES string of the molecule is O=C(CC1CCCCCC1)NC1CC(O)C1. The van der Waals surface area contributed by atoms with Crippen molar-refractivity contribution in [2.45, 2.75) is 69.9 Å². The van der Waals surface area contributed by atoms with Crippen molar-refractivity contribution in [2.75, 3.05) is 0 Å². The summed E-state index contributed by atoms with van der Waals surface area (Å²) in [6.07, 6.45) is 9.73. The van der Waals surface area contributed by atoms with Gasteiger partial charge in [0.2, 0.25) is 5.91 Å². The number of carbonyl (C=O) groups excluding carboxylic acids is 1. The van der Waals surface area contributed by atoms with E-state index in [2.05, 4.69) is 5.32 Å². The maximum absolute atomic E-state index is 11.7. The Labute approximate surface area is 97.6 Å². The third-order valence-corrected chi connectivity index (χ3v) is 3.93. The van der Waals surface area contributed by atoms with Crippen LogP contribution in [-0.2, 0) is 4.79 Å². The molecule has 0 saturated heterocycles. The molecule has 1 amide bonds. The highest BCUT2D eigenvalue weighted by molar-refractivity contribution is 5.76. The molecule has 0 spiro atoms. The van der Waals surface area contributed by atoms with Gasteiger partial charge >= 0.3 is 0 Å². The summed E-state index contributed by atoms with van der Waals surface area (Å²) >= 11 is 0. The van der Waals surface area contributed by atoms with Gasteiger partial charge < -0.3 is 10.4 Å². The van der Waals surface area contributed by atoms with E-state index in [1.165, 1.54) is 38.5 Å². The maximum atomic E-state index is 11.7. The zero-order valence-corrected chi connectivity index (χ0v) is 9.95. The number of nitrogens with one attached hydrogen (secondary N) is 1. The summed E-state index contributed by atoms with van der Waals surface area (Å²) in [6, 6.07) is 0.244. The molecule has 2 N–H and O–H groups in total. The minimum absolute atomic E-state index is 0.178. The van der Waals surface area contributed by atoms with Gasteiger partial charge in [0, 0.05) is 12.5 Å². The lowest BCUT2D eigenvalue weighted by Gasteiger charge is -2.32. The molecular formula is C13H23NO2. The molecule has 0 unspecified atom stereocenters. The summed E-state index contributed by atoms with van der Waals surface area (Å²) in [5.41, 5.74) is 0. The van der Waals surface area contributed by atoms with Gasteiger partial charge in [-0.15, -0.1) is 0 Å². The molecule has 0 aliphatic heterocycles. The molecule has 2 rings (SSSR count). The molecule has 0 aromatic rings. The van der Waals surface area contributed by atoms with E-state index in [0.717, 1.165) is 12.8 Å². The lowest BCUT2D eigenvalue weighted by Crippen LogP contribution is -2.47. The quantitative estimate of drug-likeness (QED) is 0.722. The lowest BCUT2D eigenvalue weighted by molar-refractivity contribution is -0.124. The molecule has 0 atom stereocenters. The van der Waals surface area contributed by atoms with Crippen LogP contribution in [0.15, 0.2) is 0 Å². The zero-order valence-electron chi connectivity index (χ0n) is 9.95. The van der Waals surface area contributed by atoms with E-state index >= 15 is 0 Å². The van der Waals surface area contributed by atoms with Crippen LogP contribution in [0.1, 0.15) is 57.8 Å².